The number of aromatic nitrogens is 2. The molecule has 29 heavy (non-hydrogen) atoms. The molecule has 7 nitrogen and oxygen atoms in total. The van der Waals surface area contributed by atoms with E-state index < -0.39 is 5.25 Å². The fraction of sp³-hybridized carbons (Fsp3) is 0.238. The van der Waals surface area contributed by atoms with Gasteiger partial charge in [0, 0.05) is 18.5 Å². The molecule has 2 N–H and O–H groups in total. The summed E-state index contributed by atoms with van der Waals surface area (Å²) in [6, 6.07) is 14.8. The number of carbonyl (C=O) groups is 2. The number of hydrogen-bond acceptors (Lipinski definition) is 6. The molecule has 0 aliphatic carbocycles. The summed E-state index contributed by atoms with van der Waals surface area (Å²) >= 11 is 1.26. The van der Waals surface area contributed by atoms with Crippen molar-refractivity contribution in [3.8, 4) is 0 Å². The standard InChI is InChI=1S/C21H22N4O3S/c1-14-12-18(25-28-14)23-21(27)15(2)29-13-19(26)24-20(16-6-4-3-5-7-16)17-8-10-22-11-9-17/h3-12,15,20H,13H2,1-2H3,(H,24,26)(H,23,25,27). The van der Waals surface area contributed by atoms with Crippen LogP contribution in [0.15, 0.2) is 65.4 Å². The second-order valence-electron chi connectivity index (χ2n) is 6.46. The summed E-state index contributed by atoms with van der Waals surface area (Å²) in [5, 5.41) is 9.04. The first-order valence-corrected chi connectivity index (χ1v) is 10.2. The number of rotatable bonds is 8. The number of thioether (sulfide) groups is 1. The fourth-order valence-corrected chi connectivity index (χ4v) is 3.39. The van der Waals surface area contributed by atoms with Crippen LogP contribution in [0.25, 0.3) is 0 Å². The van der Waals surface area contributed by atoms with E-state index in [1.807, 2.05) is 42.5 Å². The number of hydrogen-bond donors (Lipinski definition) is 2. The van der Waals surface area contributed by atoms with E-state index in [0.717, 1.165) is 11.1 Å². The predicted octanol–water partition coefficient (Wildman–Crippen LogP) is 3.34. The topological polar surface area (TPSA) is 97.1 Å². The first kappa shape index (κ1) is 20.6. The third-order valence-electron chi connectivity index (χ3n) is 4.19. The van der Waals surface area contributed by atoms with E-state index in [0.29, 0.717) is 11.6 Å². The summed E-state index contributed by atoms with van der Waals surface area (Å²) in [5.74, 6) is 0.748. The molecule has 0 bridgehead atoms. The van der Waals surface area contributed by atoms with Crippen LogP contribution in [0.1, 0.15) is 29.9 Å². The van der Waals surface area contributed by atoms with Gasteiger partial charge < -0.3 is 15.2 Å². The Hall–Kier alpha value is -3.13. The Kier molecular flexibility index (Phi) is 7.02. The molecule has 0 fully saturated rings. The lowest BCUT2D eigenvalue weighted by Crippen LogP contribution is -2.32. The van der Waals surface area contributed by atoms with Gasteiger partial charge in [0.1, 0.15) is 5.76 Å². The second-order valence-corrected chi connectivity index (χ2v) is 7.79. The zero-order valence-electron chi connectivity index (χ0n) is 16.2. The number of nitrogens with one attached hydrogen (secondary N) is 2. The lowest BCUT2D eigenvalue weighted by atomic mass is 10.00. The average molecular weight is 410 g/mol. The average Bonchev–Trinajstić information content (AvgIpc) is 3.16. The minimum absolute atomic E-state index is 0.154. The molecule has 2 aromatic heterocycles. The van der Waals surface area contributed by atoms with Crippen molar-refractivity contribution >= 4 is 29.4 Å². The summed E-state index contributed by atoms with van der Waals surface area (Å²) in [7, 11) is 0. The molecule has 3 rings (SSSR count). The van der Waals surface area contributed by atoms with Crippen molar-refractivity contribution in [1.82, 2.24) is 15.5 Å². The molecule has 0 aliphatic rings. The number of benzene rings is 1. The molecule has 0 radical (unpaired) electrons. The van der Waals surface area contributed by atoms with Crippen LogP contribution in [-0.4, -0.2) is 33.0 Å². The quantitative estimate of drug-likeness (QED) is 0.591. The zero-order chi connectivity index (χ0) is 20.6. The highest BCUT2D eigenvalue weighted by Gasteiger charge is 2.20. The molecule has 0 saturated heterocycles. The van der Waals surface area contributed by atoms with Gasteiger partial charge in [-0.25, -0.2) is 0 Å². The van der Waals surface area contributed by atoms with Crippen LogP contribution in [0, 0.1) is 6.92 Å². The molecule has 2 atom stereocenters. The molecule has 2 heterocycles. The van der Waals surface area contributed by atoms with E-state index in [-0.39, 0.29) is 23.6 Å². The van der Waals surface area contributed by atoms with Crippen molar-refractivity contribution < 1.29 is 14.1 Å². The first-order valence-electron chi connectivity index (χ1n) is 9.13. The van der Waals surface area contributed by atoms with Crippen molar-refractivity contribution in [2.24, 2.45) is 0 Å². The van der Waals surface area contributed by atoms with Crippen LogP contribution in [0.3, 0.4) is 0 Å². The van der Waals surface area contributed by atoms with Crippen molar-refractivity contribution in [3.05, 3.63) is 77.8 Å². The molecule has 2 amide bonds. The maximum atomic E-state index is 12.6. The highest BCUT2D eigenvalue weighted by molar-refractivity contribution is 8.01. The smallest absolute Gasteiger partial charge is 0.238 e. The minimum atomic E-state index is -0.422. The van der Waals surface area contributed by atoms with Crippen LogP contribution < -0.4 is 10.6 Å². The highest BCUT2D eigenvalue weighted by Crippen LogP contribution is 2.22. The molecule has 8 heteroatoms. The van der Waals surface area contributed by atoms with Crippen LogP contribution >= 0.6 is 11.8 Å². The third kappa shape index (κ3) is 5.92. The van der Waals surface area contributed by atoms with E-state index in [2.05, 4.69) is 20.8 Å². The molecule has 0 saturated carbocycles. The van der Waals surface area contributed by atoms with Gasteiger partial charge in [-0.15, -0.1) is 11.8 Å². The maximum Gasteiger partial charge on any atom is 0.238 e. The van der Waals surface area contributed by atoms with Crippen molar-refractivity contribution in [2.75, 3.05) is 11.1 Å². The van der Waals surface area contributed by atoms with Gasteiger partial charge in [-0.3, -0.25) is 14.6 Å². The fourth-order valence-electron chi connectivity index (χ4n) is 2.69. The number of amides is 2. The lowest BCUT2D eigenvalue weighted by molar-refractivity contribution is -0.119. The Balaban J connectivity index is 1.58. The molecule has 2 unspecified atom stereocenters. The Morgan fingerprint density at radius 2 is 1.79 bits per heavy atom. The SMILES string of the molecule is Cc1cc(NC(=O)C(C)SCC(=O)NC(c2ccccc2)c2ccncc2)no1. The summed E-state index contributed by atoms with van der Waals surface area (Å²) in [5.41, 5.74) is 1.92. The van der Waals surface area contributed by atoms with Gasteiger partial charge in [0.05, 0.1) is 17.0 Å². The van der Waals surface area contributed by atoms with Crippen LogP contribution in [-0.2, 0) is 9.59 Å². The number of aryl methyl sites for hydroxylation is 1. The van der Waals surface area contributed by atoms with Gasteiger partial charge in [-0.05, 0) is 37.1 Å². The van der Waals surface area contributed by atoms with Crippen LogP contribution in [0.5, 0.6) is 0 Å². The monoisotopic (exact) mass is 410 g/mol. The molecular formula is C21H22N4O3S. The van der Waals surface area contributed by atoms with E-state index in [1.165, 1.54) is 11.8 Å². The molecular weight excluding hydrogens is 388 g/mol. The predicted molar refractivity (Wildman–Crippen MR) is 112 cm³/mol. The van der Waals surface area contributed by atoms with Crippen LogP contribution in [0.4, 0.5) is 5.82 Å². The second kappa shape index (κ2) is 9.88. The number of nitrogens with zero attached hydrogens (tertiary/aromatic N) is 2. The molecule has 0 spiro atoms. The molecule has 1 aromatic carbocycles. The minimum Gasteiger partial charge on any atom is -0.360 e. The van der Waals surface area contributed by atoms with Gasteiger partial charge >= 0.3 is 0 Å². The van der Waals surface area contributed by atoms with Crippen molar-refractivity contribution in [3.63, 3.8) is 0 Å². The third-order valence-corrected chi connectivity index (χ3v) is 5.33. The Bertz CT molecular complexity index is 907. The summed E-state index contributed by atoms with van der Waals surface area (Å²) < 4.78 is 4.93. The number of anilines is 1. The summed E-state index contributed by atoms with van der Waals surface area (Å²) in [4.78, 5) is 28.9. The normalized spacial score (nSPS) is 12.8. The van der Waals surface area contributed by atoms with Gasteiger partial charge in [0.15, 0.2) is 5.82 Å². The summed E-state index contributed by atoms with van der Waals surface area (Å²) in [6.45, 7) is 3.49. The Morgan fingerprint density at radius 1 is 1.10 bits per heavy atom. The zero-order valence-corrected chi connectivity index (χ0v) is 17.0. The van der Waals surface area contributed by atoms with E-state index in [9.17, 15) is 9.59 Å². The van der Waals surface area contributed by atoms with Gasteiger partial charge in [0.25, 0.3) is 0 Å². The molecule has 150 valence electrons. The highest BCUT2D eigenvalue weighted by atomic mass is 32.2. The first-order chi connectivity index (χ1) is 14.0. The number of carbonyl (C=O) groups excluding carboxylic acids is 2. The molecule has 3 aromatic rings. The largest absolute Gasteiger partial charge is 0.360 e. The van der Waals surface area contributed by atoms with Gasteiger partial charge in [-0.1, -0.05) is 35.5 Å². The van der Waals surface area contributed by atoms with E-state index in [4.69, 9.17) is 4.52 Å². The molecule has 0 aliphatic heterocycles. The summed E-state index contributed by atoms with van der Waals surface area (Å²) in [6.07, 6.45) is 3.40. The van der Waals surface area contributed by atoms with E-state index >= 15 is 0 Å². The Labute approximate surface area is 173 Å². The van der Waals surface area contributed by atoms with Gasteiger partial charge in [0.2, 0.25) is 11.8 Å². The van der Waals surface area contributed by atoms with E-state index in [1.54, 1.807) is 32.3 Å². The van der Waals surface area contributed by atoms with Crippen molar-refractivity contribution in [1.29, 1.82) is 0 Å². The Morgan fingerprint density at radius 3 is 2.45 bits per heavy atom. The lowest BCUT2D eigenvalue weighted by Gasteiger charge is -2.20. The van der Waals surface area contributed by atoms with Gasteiger partial charge in [-0.2, -0.15) is 0 Å². The number of pyridine rings is 1. The van der Waals surface area contributed by atoms with Crippen LogP contribution in [0.2, 0.25) is 0 Å². The maximum absolute atomic E-state index is 12.6. The van der Waals surface area contributed by atoms with Crippen molar-refractivity contribution in [2.45, 2.75) is 25.1 Å².